The van der Waals surface area contributed by atoms with Crippen molar-refractivity contribution in [3.63, 3.8) is 0 Å². The first-order valence-electron chi connectivity index (χ1n) is 8.64. The first-order chi connectivity index (χ1) is 13.8. The summed E-state index contributed by atoms with van der Waals surface area (Å²) in [6.07, 6.45) is -1.14. The standard InChI is InChI=1S/C20H18N2O6S/c1-11-14-6-4-5-7-17(14)29-18(11)20(24)28-12(2)19(23)21-15-9-8-13(27-3)10-16(15)22(25)26/h4-10,12H,1-3H3,(H,21,23). The number of carbonyl (C=O) groups is 2. The number of hydrogen-bond donors (Lipinski definition) is 1. The molecule has 0 saturated carbocycles. The minimum absolute atomic E-state index is 0.0123. The molecule has 1 aromatic heterocycles. The van der Waals surface area contributed by atoms with Gasteiger partial charge >= 0.3 is 5.97 Å². The van der Waals surface area contributed by atoms with Crippen molar-refractivity contribution < 1.29 is 24.0 Å². The number of hydrogen-bond acceptors (Lipinski definition) is 7. The van der Waals surface area contributed by atoms with E-state index in [1.165, 1.54) is 43.6 Å². The lowest BCUT2D eigenvalue weighted by atomic mass is 10.1. The summed E-state index contributed by atoms with van der Waals surface area (Å²) < 4.78 is 11.2. The molecule has 0 saturated heterocycles. The number of carbonyl (C=O) groups excluding carboxylic acids is 2. The number of amides is 1. The molecule has 0 bridgehead atoms. The average Bonchev–Trinajstić information content (AvgIpc) is 3.05. The first kappa shape index (κ1) is 20.3. The first-order valence-corrected chi connectivity index (χ1v) is 9.46. The van der Waals surface area contributed by atoms with Crippen molar-refractivity contribution >= 4 is 44.7 Å². The Morgan fingerprint density at radius 2 is 1.93 bits per heavy atom. The van der Waals surface area contributed by atoms with E-state index in [0.717, 1.165) is 15.6 Å². The van der Waals surface area contributed by atoms with Crippen LogP contribution in [0.2, 0.25) is 0 Å². The second-order valence-electron chi connectivity index (χ2n) is 6.23. The number of anilines is 1. The molecule has 0 aliphatic carbocycles. The van der Waals surface area contributed by atoms with E-state index < -0.39 is 22.9 Å². The molecule has 3 rings (SSSR count). The number of nitrogens with zero attached hydrogens (tertiary/aromatic N) is 1. The maximum atomic E-state index is 12.5. The highest BCUT2D eigenvalue weighted by atomic mass is 32.1. The van der Waals surface area contributed by atoms with Crippen LogP contribution in [-0.4, -0.2) is 30.0 Å². The van der Waals surface area contributed by atoms with Gasteiger partial charge in [0.25, 0.3) is 11.6 Å². The molecule has 0 spiro atoms. The fourth-order valence-electron chi connectivity index (χ4n) is 2.77. The lowest BCUT2D eigenvalue weighted by Crippen LogP contribution is -2.30. The maximum Gasteiger partial charge on any atom is 0.349 e. The molecule has 8 nitrogen and oxygen atoms in total. The SMILES string of the molecule is COc1ccc(NC(=O)C(C)OC(=O)c2sc3ccccc3c2C)c([N+](=O)[O-])c1. The Morgan fingerprint density at radius 3 is 2.59 bits per heavy atom. The number of benzene rings is 2. The van der Waals surface area contributed by atoms with Crippen LogP contribution in [0.15, 0.2) is 42.5 Å². The topological polar surface area (TPSA) is 108 Å². The minimum Gasteiger partial charge on any atom is -0.496 e. The van der Waals surface area contributed by atoms with Crippen molar-refractivity contribution in [1.82, 2.24) is 0 Å². The lowest BCUT2D eigenvalue weighted by Gasteiger charge is -2.13. The Bertz CT molecular complexity index is 1110. The number of rotatable bonds is 6. The Labute approximate surface area is 170 Å². The fourth-order valence-corrected chi connectivity index (χ4v) is 3.86. The molecule has 0 aliphatic heterocycles. The van der Waals surface area contributed by atoms with Crippen LogP contribution in [0.1, 0.15) is 22.2 Å². The summed E-state index contributed by atoms with van der Waals surface area (Å²) >= 11 is 1.29. The van der Waals surface area contributed by atoms with E-state index in [1.54, 1.807) is 0 Å². The van der Waals surface area contributed by atoms with Gasteiger partial charge in [0.2, 0.25) is 0 Å². The Kier molecular flexibility index (Phi) is 5.79. The van der Waals surface area contributed by atoms with Gasteiger partial charge in [0.1, 0.15) is 16.3 Å². The molecule has 9 heteroatoms. The molecule has 1 atom stereocenters. The summed E-state index contributed by atoms with van der Waals surface area (Å²) in [6.45, 7) is 3.23. The quantitative estimate of drug-likeness (QED) is 0.366. The normalized spacial score (nSPS) is 11.7. The molecule has 1 N–H and O–H groups in total. The van der Waals surface area contributed by atoms with Crippen LogP contribution in [0.4, 0.5) is 11.4 Å². The summed E-state index contributed by atoms with van der Waals surface area (Å²) in [7, 11) is 1.38. The summed E-state index contributed by atoms with van der Waals surface area (Å²) in [5.41, 5.74) is 0.451. The second kappa shape index (κ2) is 8.27. The van der Waals surface area contributed by atoms with E-state index in [-0.39, 0.29) is 17.1 Å². The predicted molar refractivity (Wildman–Crippen MR) is 110 cm³/mol. The molecule has 1 heterocycles. The molecular weight excluding hydrogens is 396 g/mol. The molecule has 0 fully saturated rings. The Hall–Kier alpha value is -3.46. The molecule has 1 amide bonds. The lowest BCUT2D eigenvalue weighted by molar-refractivity contribution is -0.384. The van der Waals surface area contributed by atoms with Crippen molar-refractivity contribution in [1.29, 1.82) is 0 Å². The van der Waals surface area contributed by atoms with Crippen molar-refractivity contribution in [3.8, 4) is 5.75 Å². The number of nitrogens with one attached hydrogen (secondary N) is 1. The summed E-state index contributed by atoms with van der Waals surface area (Å²) in [5.74, 6) is -1.00. The summed E-state index contributed by atoms with van der Waals surface area (Å²) in [5, 5.41) is 14.6. The van der Waals surface area contributed by atoms with Crippen LogP contribution in [-0.2, 0) is 9.53 Å². The second-order valence-corrected chi connectivity index (χ2v) is 7.28. The van der Waals surface area contributed by atoms with Crippen LogP contribution in [0.25, 0.3) is 10.1 Å². The Balaban J connectivity index is 1.74. The van der Waals surface area contributed by atoms with E-state index >= 15 is 0 Å². The minimum atomic E-state index is -1.14. The third kappa shape index (κ3) is 4.19. The van der Waals surface area contributed by atoms with Crippen molar-refractivity contribution in [2.45, 2.75) is 20.0 Å². The number of fused-ring (bicyclic) bond motifs is 1. The van der Waals surface area contributed by atoms with Crippen molar-refractivity contribution in [2.75, 3.05) is 12.4 Å². The van der Waals surface area contributed by atoms with Gasteiger partial charge in [0.15, 0.2) is 6.10 Å². The summed E-state index contributed by atoms with van der Waals surface area (Å²) in [4.78, 5) is 36.0. The molecular formula is C20H18N2O6S. The molecule has 0 radical (unpaired) electrons. The number of nitro benzene ring substituents is 1. The molecule has 2 aromatic carbocycles. The zero-order valence-electron chi connectivity index (χ0n) is 15.9. The molecule has 3 aromatic rings. The van der Waals surface area contributed by atoms with Gasteiger partial charge in [-0.05, 0) is 43.0 Å². The number of thiophene rings is 1. The molecule has 0 aliphatic rings. The van der Waals surface area contributed by atoms with Gasteiger partial charge in [-0.1, -0.05) is 18.2 Å². The van der Waals surface area contributed by atoms with Gasteiger partial charge in [-0.3, -0.25) is 14.9 Å². The third-order valence-corrected chi connectivity index (χ3v) is 5.59. The van der Waals surface area contributed by atoms with E-state index in [0.29, 0.717) is 4.88 Å². The van der Waals surface area contributed by atoms with Gasteiger partial charge < -0.3 is 14.8 Å². The Morgan fingerprint density at radius 1 is 1.21 bits per heavy atom. The molecule has 150 valence electrons. The van der Waals surface area contributed by atoms with Crippen LogP contribution < -0.4 is 10.1 Å². The average molecular weight is 414 g/mol. The number of nitro groups is 1. The highest BCUT2D eigenvalue weighted by Crippen LogP contribution is 2.32. The van der Waals surface area contributed by atoms with E-state index in [2.05, 4.69) is 5.32 Å². The van der Waals surface area contributed by atoms with E-state index in [1.807, 2.05) is 31.2 Å². The fraction of sp³-hybridized carbons (Fsp3) is 0.200. The van der Waals surface area contributed by atoms with Gasteiger partial charge in [-0.15, -0.1) is 11.3 Å². The maximum absolute atomic E-state index is 12.5. The van der Waals surface area contributed by atoms with Crippen LogP contribution in [0.5, 0.6) is 5.75 Å². The summed E-state index contributed by atoms with van der Waals surface area (Å²) in [6, 6.07) is 11.6. The smallest absolute Gasteiger partial charge is 0.349 e. The zero-order chi connectivity index (χ0) is 21.1. The molecule has 29 heavy (non-hydrogen) atoms. The van der Waals surface area contributed by atoms with Gasteiger partial charge in [-0.25, -0.2) is 4.79 Å². The highest BCUT2D eigenvalue weighted by Gasteiger charge is 2.25. The third-order valence-electron chi connectivity index (χ3n) is 4.34. The molecule has 1 unspecified atom stereocenters. The number of esters is 1. The van der Waals surface area contributed by atoms with Gasteiger partial charge in [0, 0.05) is 4.70 Å². The number of ether oxygens (including phenoxy) is 2. The van der Waals surface area contributed by atoms with Crippen molar-refractivity contribution in [3.05, 3.63) is 63.0 Å². The van der Waals surface area contributed by atoms with Gasteiger partial charge in [0.05, 0.1) is 18.1 Å². The largest absolute Gasteiger partial charge is 0.496 e. The van der Waals surface area contributed by atoms with Crippen molar-refractivity contribution in [2.24, 2.45) is 0 Å². The van der Waals surface area contributed by atoms with E-state index in [9.17, 15) is 19.7 Å². The van der Waals surface area contributed by atoms with Crippen LogP contribution in [0.3, 0.4) is 0 Å². The number of aryl methyl sites for hydroxylation is 1. The van der Waals surface area contributed by atoms with Crippen LogP contribution in [0, 0.1) is 17.0 Å². The zero-order valence-corrected chi connectivity index (χ0v) is 16.7. The number of methoxy groups -OCH3 is 1. The van der Waals surface area contributed by atoms with E-state index in [4.69, 9.17) is 9.47 Å². The monoisotopic (exact) mass is 414 g/mol. The van der Waals surface area contributed by atoms with Gasteiger partial charge in [-0.2, -0.15) is 0 Å². The predicted octanol–water partition coefficient (Wildman–Crippen LogP) is 4.31. The van der Waals surface area contributed by atoms with Crippen LogP contribution >= 0.6 is 11.3 Å². The highest BCUT2D eigenvalue weighted by molar-refractivity contribution is 7.21.